The second-order valence-corrected chi connectivity index (χ2v) is 10.1. The molecule has 2 aromatic carbocycles. The van der Waals surface area contributed by atoms with Crippen molar-refractivity contribution in [2.45, 2.75) is 19.0 Å². The molecule has 0 bridgehead atoms. The summed E-state index contributed by atoms with van der Waals surface area (Å²) in [5.74, 6) is 0.0244. The minimum atomic E-state index is -0.390. The van der Waals surface area contributed by atoms with E-state index in [0.29, 0.717) is 28.6 Å². The predicted octanol–water partition coefficient (Wildman–Crippen LogP) is 5.98. The van der Waals surface area contributed by atoms with Crippen molar-refractivity contribution in [1.82, 2.24) is 9.80 Å². The minimum absolute atomic E-state index is 0.131. The van der Waals surface area contributed by atoms with Crippen LogP contribution in [0.15, 0.2) is 82.8 Å². The van der Waals surface area contributed by atoms with Gasteiger partial charge < -0.3 is 19.0 Å². The zero-order valence-electron chi connectivity index (χ0n) is 19.8. The zero-order valence-corrected chi connectivity index (χ0v) is 21.4. The number of nitrogens with zero attached hydrogens (tertiary/aromatic N) is 2. The lowest BCUT2D eigenvalue weighted by Gasteiger charge is -2.37. The molecule has 0 aliphatic carbocycles. The molecular formula is C28H24ClFN2O4S. The maximum atomic E-state index is 13.7. The van der Waals surface area contributed by atoms with Crippen LogP contribution in [-0.2, 0) is 17.8 Å². The summed E-state index contributed by atoms with van der Waals surface area (Å²) in [6, 6.07) is 17.7. The van der Waals surface area contributed by atoms with Crippen LogP contribution in [-0.4, -0.2) is 41.3 Å². The molecule has 0 saturated carbocycles. The van der Waals surface area contributed by atoms with E-state index in [1.807, 2.05) is 11.4 Å². The number of carbonyl (C=O) groups is 2. The van der Waals surface area contributed by atoms with Crippen LogP contribution in [0.25, 0.3) is 0 Å². The van der Waals surface area contributed by atoms with Crippen LogP contribution >= 0.6 is 22.9 Å². The number of carbonyl (C=O) groups excluding carboxylic acids is 2. The Morgan fingerprint density at radius 3 is 2.78 bits per heavy atom. The molecule has 0 radical (unpaired) electrons. The summed E-state index contributed by atoms with van der Waals surface area (Å²) in [4.78, 5) is 31.5. The first-order valence-corrected chi connectivity index (χ1v) is 13.0. The Bertz CT molecular complexity index is 1390. The molecule has 4 aromatic rings. The SMILES string of the molecule is O=C(c1cccc(Cl)c1)N(CC(=O)N1CCc2sccc2[C@@H]1COc1cccc(F)c1)Cc1ccco1. The molecule has 1 aliphatic heterocycles. The number of hydrogen-bond acceptors (Lipinski definition) is 5. The van der Waals surface area contributed by atoms with Gasteiger partial charge in [-0.3, -0.25) is 9.59 Å². The van der Waals surface area contributed by atoms with Crippen molar-refractivity contribution >= 4 is 34.8 Å². The summed E-state index contributed by atoms with van der Waals surface area (Å²) >= 11 is 7.76. The van der Waals surface area contributed by atoms with Gasteiger partial charge in [0.05, 0.1) is 18.8 Å². The molecule has 5 rings (SSSR count). The second kappa shape index (κ2) is 11.2. The number of rotatable bonds is 8. The maximum Gasteiger partial charge on any atom is 0.254 e. The van der Waals surface area contributed by atoms with Crippen LogP contribution in [0, 0.1) is 5.82 Å². The molecular weight excluding hydrogens is 515 g/mol. The Morgan fingerprint density at radius 1 is 1.14 bits per heavy atom. The van der Waals surface area contributed by atoms with Gasteiger partial charge in [-0.25, -0.2) is 4.39 Å². The Hall–Kier alpha value is -3.62. The Balaban J connectivity index is 1.38. The average Bonchev–Trinajstić information content (AvgIpc) is 3.58. The Labute approximate surface area is 222 Å². The lowest BCUT2D eigenvalue weighted by molar-refractivity contribution is -0.135. The Morgan fingerprint density at radius 2 is 2.00 bits per heavy atom. The van der Waals surface area contributed by atoms with Crippen LogP contribution in [0.5, 0.6) is 5.75 Å². The van der Waals surface area contributed by atoms with Crippen LogP contribution in [0.1, 0.15) is 32.6 Å². The van der Waals surface area contributed by atoms with Gasteiger partial charge in [0.2, 0.25) is 5.91 Å². The number of hydrogen-bond donors (Lipinski definition) is 0. The van der Waals surface area contributed by atoms with E-state index in [1.165, 1.54) is 28.2 Å². The van der Waals surface area contributed by atoms with E-state index in [9.17, 15) is 14.0 Å². The van der Waals surface area contributed by atoms with Crippen molar-refractivity contribution in [2.24, 2.45) is 0 Å². The van der Waals surface area contributed by atoms with E-state index in [2.05, 4.69) is 0 Å². The van der Waals surface area contributed by atoms with Gasteiger partial charge in [0.15, 0.2) is 0 Å². The molecule has 0 unspecified atom stereocenters. The molecule has 6 nitrogen and oxygen atoms in total. The van der Waals surface area contributed by atoms with Gasteiger partial charge in [-0.1, -0.05) is 23.7 Å². The van der Waals surface area contributed by atoms with E-state index in [-0.39, 0.29) is 37.6 Å². The van der Waals surface area contributed by atoms with Crippen molar-refractivity contribution < 1.29 is 23.1 Å². The molecule has 0 saturated heterocycles. The van der Waals surface area contributed by atoms with Gasteiger partial charge in [-0.2, -0.15) is 0 Å². The van der Waals surface area contributed by atoms with Crippen molar-refractivity contribution in [1.29, 1.82) is 0 Å². The van der Waals surface area contributed by atoms with Crippen LogP contribution < -0.4 is 4.74 Å². The van der Waals surface area contributed by atoms with Gasteiger partial charge in [-0.15, -0.1) is 11.3 Å². The lowest BCUT2D eigenvalue weighted by atomic mass is 10.0. The fourth-order valence-electron chi connectivity index (χ4n) is 4.45. The minimum Gasteiger partial charge on any atom is -0.491 e. The van der Waals surface area contributed by atoms with Crippen molar-refractivity contribution in [2.75, 3.05) is 19.7 Å². The third-order valence-corrected chi connectivity index (χ3v) is 7.46. The number of benzene rings is 2. The number of furan rings is 1. The normalized spacial score (nSPS) is 14.8. The monoisotopic (exact) mass is 538 g/mol. The maximum absolute atomic E-state index is 13.7. The van der Waals surface area contributed by atoms with E-state index in [1.54, 1.807) is 64.8 Å². The number of thiophene rings is 1. The molecule has 1 atom stereocenters. The van der Waals surface area contributed by atoms with Crippen LogP contribution in [0.4, 0.5) is 4.39 Å². The van der Waals surface area contributed by atoms with E-state index >= 15 is 0 Å². The molecule has 0 fully saturated rings. The second-order valence-electron chi connectivity index (χ2n) is 8.67. The van der Waals surface area contributed by atoms with Crippen molar-refractivity contribution in [3.05, 3.63) is 111 Å². The lowest BCUT2D eigenvalue weighted by Crippen LogP contribution is -2.47. The average molecular weight is 539 g/mol. The van der Waals surface area contributed by atoms with Crippen molar-refractivity contribution in [3.63, 3.8) is 0 Å². The fourth-order valence-corrected chi connectivity index (χ4v) is 5.57. The summed E-state index contributed by atoms with van der Waals surface area (Å²) in [6.45, 7) is 0.636. The highest BCUT2D eigenvalue weighted by Crippen LogP contribution is 2.34. The highest BCUT2D eigenvalue weighted by Gasteiger charge is 2.34. The van der Waals surface area contributed by atoms with Gasteiger partial charge in [0.25, 0.3) is 5.91 Å². The summed E-state index contributed by atoms with van der Waals surface area (Å²) in [7, 11) is 0. The fraction of sp³-hybridized carbons (Fsp3) is 0.214. The summed E-state index contributed by atoms with van der Waals surface area (Å²) < 4.78 is 25.0. The number of halogens is 2. The molecule has 37 heavy (non-hydrogen) atoms. The van der Waals surface area contributed by atoms with E-state index in [4.69, 9.17) is 20.8 Å². The van der Waals surface area contributed by atoms with Gasteiger partial charge in [0, 0.05) is 28.1 Å². The largest absolute Gasteiger partial charge is 0.491 e. The highest BCUT2D eigenvalue weighted by molar-refractivity contribution is 7.10. The standard InChI is InChI=1S/C28H24ClFN2O4S/c29-20-5-1-4-19(14-20)28(34)31(16-23-8-3-12-35-23)17-27(33)32-11-9-26-24(10-13-37-26)25(32)18-36-22-7-2-6-21(30)15-22/h1-8,10,12-15,25H,9,11,16-18H2/t25-/m0/s1. The van der Waals surface area contributed by atoms with Crippen LogP contribution in [0.3, 0.4) is 0 Å². The third-order valence-electron chi connectivity index (χ3n) is 6.23. The Kier molecular flexibility index (Phi) is 7.58. The summed E-state index contributed by atoms with van der Waals surface area (Å²) in [5, 5.41) is 2.44. The molecule has 1 aliphatic rings. The van der Waals surface area contributed by atoms with E-state index < -0.39 is 5.82 Å². The van der Waals surface area contributed by atoms with Gasteiger partial charge in [-0.05, 0) is 65.9 Å². The third kappa shape index (κ3) is 5.87. The first kappa shape index (κ1) is 25.0. The van der Waals surface area contributed by atoms with E-state index in [0.717, 1.165) is 12.0 Å². The zero-order chi connectivity index (χ0) is 25.8. The molecule has 0 spiro atoms. The molecule has 2 amide bonds. The molecule has 9 heteroatoms. The molecule has 3 heterocycles. The van der Waals surface area contributed by atoms with Gasteiger partial charge >= 0.3 is 0 Å². The first-order chi connectivity index (χ1) is 18.0. The summed E-state index contributed by atoms with van der Waals surface area (Å²) in [6.07, 6.45) is 2.25. The van der Waals surface area contributed by atoms with Crippen molar-refractivity contribution in [3.8, 4) is 5.75 Å². The number of fused-ring (bicyclic) bond motifs is 1. The smallest absolute Gasteiger partial charge is 0.254 e. The summed E-state index contributed by atoms with van der Waals surface area (Å²) in [5.41, 5.74) is 1.40. The molecule has 2 aromatic heterocycles. The quantitative estimate of drug-likeness (QED) is 0.277. The number of amides is 2. The van der Waals surface area contributed by atoms with Gasteiger partial charge in [0.1, 0.15) is 30.5 Å². The molecule has 0 N–H and O–H groups in total. The number of ether oxygens (including phenoxy) is 1. The topological polar surface area (TPSA) is 63.0 Å². The molecule has 190 valence electrons. The highest BCUT2D eigenvalue weighted by atomic mass is 35.5. The first-order valence-electron chi connectivity index (χ1n) is 11.8. The predicted molar refractivity (Wildman–Crippen MR) is 139 cm³/mol. The van der Waals surface area contributed by atoms with Crippen LogP contribution in [0.2, 0.25) is 5.02 Å².